The molecule has 0 spiro atoms. The second-order valence-corrected chi connectivity index (χ2v) is 6.65. The van der Waals surface area contributed by atoms with Crippen molar-refractivity contribution in [3.8, 4) is 0 Å². The molecular formula is C7H9F3N2S3. The Hall–Kier alpha value is 0.0500. The highest BCUT2D eigenvalue weighted by Crippen LogP contribution is 2.37. The summed E-state index contributed by atoms with van der Waals surface area (Å²) in [6, 6.07) is 0. The van der Waals surface area contributed by atoms with Crippen LogP contribution in [0.3, 0.4) is 0 Å². The molecule has 0 saturated carbocycles. The minimum absolute atomic E-state index is 0.371. The second-order valence-electron chi connectivity index (χ2n) is 2.57. The molecule has 0 amide bonds. The van der Waals surface area contributed by atoms with Gasteiger partial charge in [0.1, 0.15) is 5.25 Å². The Balaban J connectivity index is 2.57. The monoisotopic (exact) mass is 274 g/mol. The van der Waals surface area contributed by atoms with E-state index in [4.69, 9.17) is 0 Å². The van der Waals surface area contributed by atoms with E-state index in [0.29, 0.717) is 16.1 Å². The Bertz CT molecular complexity index is 313. The van der Waals surface area contributed by atoms with Crippen LogP contribution in [0.25, 0.3) is 0 Å². The van der Waals surface area contributed by atoms with E-state index in [0.717, 1.165) is 17.0 Å². The van der Waals surface area contributed by atoms with Crippen molar-refractivity contribution >= 4 is 34.9 Å². The molecule has 0 aliphatic carbocycles. The molecule has 0 aliphatic heterocycles. The minimum atomic E-state index is -4.19. The van der Waals surface area contributed by atoms with Crippen molar-refractivity contribution in [3.05, 3.63) is 0 Å². The fourth-order valence-corrected chi connectivity index (χ4v) is 3.67. The molecule has 0 N–H and O–H groups in total. The fraction of sp³-hybridized carbons (Fsp3) is 0.714. The number of hydrogen-bond acceptors (Lipinski definition) is 5. The molecule has 1 aromatic heterocycles. The Morgan fingerprint density at radius 1 is 1.33 bits per heavy atom. The molecule has 0 aromatic carbocycles. The number of rotatable bonds is 4. The zero-order chi connectivity index (χ0) is 11.5. The molecule has 0 radical (unpaired) electrons. The van der Waals surface area contributed by atoms with Crippen molar-refractivity contribution in [1.29, 1.82) is 0 Å². The lowest BCUT2D eigenvalue weighted by atomic mass is 10.5. The normalized spacial score (nSPS) is 14.2. The van der Waals surface area contributed by atoms with Crippen molar-refractivity contribution in [3.63, 3.8) is 0 Å². The average molecular weight is 274 g/mol. The van der Waals surface area contributed by atoms with Gasteiger partial charge < -0.3 is 0 Å². The third-order valence-electron chi connectivity index (χ3n) is 1.39. The van der Waals surface area contributed by atoms with E-state index in [-0.39, 0.29) is 0 Å². The molecule has 1 rings (SSSR count). The summed E-state index contributed by atoms with van der Waals surface area (Å²) >= 11 is 3.39. The van der Waals surface area contributed by atoms with E-state index >= 15 is 0 Å². The zero-order valence-corrected chi connectivity index (χ0v) is 10.5. The highest BCUT2D eigenvalue weighted by Gasteiger charge is 2.37. The molecule has 0 unspecified atom stereocenters. The van der Waals surface area contributed by atoms with Crippen molar-refractivity contribution in [2.24, 2.45) is 0 Å². The van der Waals surface area contributed by atoms with E-state index in [9.17, 15) is 13.2 Å². The van der Waals surface area contributed by atoms with Crippen LogP contribution >= 0.6 is 34.9 Å². The first-order chi connectivity index (χ1) is 6.93. The summed E-state index contributed by atoms with van der Waals surface area (Å²) in [6.07, 6.45) is -4.19. The topological polar surface area (TPSA) is 25.8 Å². The number of thioether (sulfide) groups is 2. The summed E-state index contributed by atoms with van der Waals surface area (Å²) in [5.74, 6) is 0.841. The summed E-state index contributed by atoms with van der Waals surface area (Å²) < 4.78 is 37.7. The number of halogens is 3. The third-order valence-corrected chi connectivity index (χ3v) is 4.57. The third kappa shape index (κ3) is 4.20. The van der Waals surface area contributed by atoms with Crippen molar-refractivity contribution in [2.75, 3.05) is 5.75 Å². The van der Waals surface area contributed by atoms with Crippen molar-refractivity contribution in [2.45, 2.75) is 34.0 Å². The van der Waals surface area contributed by atoms with Gasteiger partial charge in [-0.25, -0.2) is 0 Å². The van der Waals surface area contributed by atoms with E-state index in [1.807, 2.05) is 6.92 Å². The SMILES string of the molecule is CCSc1nnc(S[C@@H](C)C(F)(F)F)s1. The van der Waals surface area contributed by atoms with Gasteiger partial charge in [0.25, 0.3) is 0 Å². The largest absolute Gasteiger partial charge is 0.400 e. The van der Waals surface area contributed by atoms with Crippen LogP contribution in [0.1, 0.15) is 13.8 Å². The van der Waals surface area contributed by atoms with E-state index in [1.165, 1.54) is 23.1 Å². The Morgan fingerprint density at radius 3 is 2.47 bits per heavy atom. The van der Waals surface area contributed by atoms with Gasteiger partial charge in [0.15, 0.2) is 8.68 Å². The van der Waals surface area contributed by atoms with Gasteiger partial charge in [-0.05, 0) is 12.7 Å². The number of aromatic nitrogens is 2. The molecule has 0 aliphatic rings. The highest BCUT2D eigenvalue weighted by atomic mass is 32.2. The minimum Gasteiger partial charge on any atom is -0.170 e. The van der Waals surface area contributed by atoms with Gasteiger partial charge in [-0.1, -0.05) is 41.8 Å². The summed E-state index contributed by atoms with van der Waals surface area (Å²) in [5, 5.41) is 6.04. The summed E-state index contributed by atoms with van der Waals surface area (Å²) in [7, 11) is 0. The molecule has 1 aromatic rings. The predicted octanol–water partition coefficient (Wildman–Crippen LogP) is 3.69. The van der Waals surface area contributed by atoms with Gasteiger partial charge in [0.2, 0.25) is 0 Å². The van der Waals surface area contributed by atoms with Gasteiger partial charge in [-0.15, -0.1) is 10.2 Å². The fourth-order valence-electron chi connectivity index (χ4n) is 0.645. The Labute approximate surface area is 98.0 Å². The van der Waals surface area contributed by atoms with Gasteiger partial charge in [0, 0.05) is 0 Å². The zero-order valence-electron chi connectivity index (χ0n) is 8.04. The Morgan fingerprint density at radius 2 is 1.93 bits per heavy atom. The smallest absolute Gasteiger partial charge is 0.170 e. The molecule has 0 bridgehead atoms. The Kier molecular flexibility index (Phi) is 4.72. The molecule has 15 heavy (non-hydrogen) atoms. The van der Waals surface area contributed by atoms with Crippen molar-refractivity contribution in [1.82, 2.24) is 10.2 Å². The van der Waals surface area contributed by atoms with Crippen LogP contribution in [0.15, 0.2) is 8.68 Å². The number of hydrogen-bond donors (Lipinski definition) is 0. The van der Waals surface area contributed by atoms with Crippen LogP contribution in [0.5, 0.6) is 0 Å². The standard InChI is InChI=1S/C7H9F3N2S3/c1-3-13-5-11-12-6(15-5)14-4(2)7(8,9)10/h4H,3H2,1-2H3/t4-/m0/s1. The van der Waals surface area contributed by atoms with Crippen LogP contribution in [-0.4, -0.2) is 27.4 Å². The molecule has 2 nitrogen and oxygen atoms in total. The van der Waals surface area contributed by atoms with Gasteiger partial charge >= 0.3 is 6.18 Å². The number of alkyl halides is 3. The van der Waals surface area contributed by atoms with Crippen LogP contribution in [0.4, 0.5) is 13.2 Å². The van der Waals surface area contributed by atoms with Crippen LogP contribution in [0.2, 0.25) is 0 Å². The van der Waals surface area contributed by atoms with Crippen LogP contribution < -0.4 is 0 Å². The first kappa shape index (κ1) is 13.1. The molecule has 1 heterocycles. The van der Waals surface area contributed by atoms with Crippen molar-refractivity contribution < 1.29 is 13.2 Å². The maximum atomic E-state index is 12.2. The number of nitrogens with zero attached hydrogens (tertiary/aromatic N) is 2. The average Bonchev–Trinajstić information content (AvgIpc) is 2.51. The molecule has 86 valence electrons. The predicted molar refractivity (Wildman–Crippen MR) is 57.7 cm³/mol. The van der Waals surface area contributed by atoms with Gasteiger partial charge in [0.05, 0.1) is 0 Å². The molecule has 0 saturated heterocycles. The van der Waals surface area contributed by atoms with E-state index in [1.54, 1.807) is 0 Å². The quantitative estimate of drug-likeness (QED) is 0.782. The van der Waals surface area contributed by atoms with E-state index in [2.05, 4.69) is 10.2 Å². The summed E-state index contributed by atoms with van der Waals surface area (Å²) in [5.41, 5.74) is 0. The lowest BCUT2D eigenvalue weighted by Gasteiger charge is -2.12. The maximum Gasteiger partial charge on any atom is 0.400 e. The molecule has 8 heteroatoms. The first-order valence-electron chi connectivity index (χ1n) is 4.13. The van der Waals surface area contributed by atoms with Gasteiger partial charge in [-0.3, -0.25) is 0 Å². The molecule has 0 fully saturated rings. The molecule has 1 atom stereocenters. The summed E-state index contributed by atoms with van der Waals surface area (Å²) in [4.78, 5) is 0. The van der Waals surface area contributed by atoms with Crippen LogP contribution in [-0.2, 0) is 0 Å². The second kappa shape index (κ2) is 5.40. The van der Waals surface area contributed by atoms with Crippen LogP contribution in [0, 0.1) is 0 Å². The molecular weight excluding hydrogens is 265 g/mol. The highest BCUT2D eigenvalue weighted by molar-refractivity contribution is 8.03. The summed E-state index contributed by atoms with van der Waals surface area (Å²) in [6.45, 7) is 3.08. The first-order valence-corrected chi connectivity index (χ1v) is 6.81. The lowest BCUT2D eigenvalue weighted by Crippen LogP contribution is -2.21. The maximum absolute atomic E-state index is 12.2. The van der Waals surface area contributed by atoms with Gasteiger partial charge in [-0.2, -0.15) is 13.2 Å². The lowest BCUT2D eigenvalue weighted by molar-refractivity contribution is -0.125. The van der Waals surface area contributed by atoms with E-state index < -0.39 is 11.4 Å².